The lowest BCUT2D eigenvalue weighted by Crippen LogP contribution is -2.52. The van der Waals surface area contributed by atoms with E-state index in [-0.39, 0.29) is 17.9 Å². The van der Waals surface area contributed by atoms with Crippen LogP contribution in [0, 0.1) is 0 Å². The Kier molecular flexibility index (Phi) is 8.71. The van der Waals surface area contributed by atoms with Gasteiger partial charge in [-0.3, -0.25) is 9.59 Å². The summed E-state index contributed by atoms with van der Waals surface area (Å²) in [5.74, 6) is -0.129. The molecule has 0 saturated carbocycles. The zero-order valence-corrected chi connectivity index (χ0v) is 18.4. The molecule has 2 rings (SSSR count). The third-order valence-electron chi connectivity index (χ3n) is 4.82. The minimum atomic E-state index is -0.553. The van der Waals surface area contributed by atoms with Crippen LogP contribution in [0.1, 0.15) is 44.7 Å². The minimum Gasteiger partial charge on any atom is -0.352 e. The molecule has 28 heavy (non-hydrogen) atoms. The van der Waals surface area contributed by atoms with Crippen LogP contribution in [-0.2, 0) is 22.6 Å². The second-order valence-electron chi connectivity index (χ2n) is 7.03. The molecule has 0 spiro atoms. The molecule has 150 valence electrons. The first-order chi connectivity index (χ1) is 13.4. The standard InChI is InChI=1S/C23H29BrN2O2/c1-4-17(3)25-23(28)21(15-18-10-7-6-8-11-18)26(22(27)5-2)16-19-12-9-13-20(24)14-19/h6-14,17,21H,4-5,15-16H2,1-3H3,(H,25,28)/t17-,21+/m1/s1. The smallest absolute Gasteiger partial charge is 0.243 e. The van der Waals surface area contributed by atoms with E-state index in [2.05, 4.69) is 21.2 Å². The molecule has 0 heterocycles. The summed E-state index contributed by atoms with van der Waals surface area (Å²) in [5.41, 5.74) is 2.03. The number of rotatable bonds is 9. The van der Waals surface area contributed by atoms with Crippen LogP contribution in [0.5, 0.6) is 0 Å². The van der Waals surface area contributed by atoms with Gasteiger partial charge in [0.25, 0.3) is 0 Å². The molecule has 2 atom stereocenters. The number of amides is 2. The predicted molar refractivity (Wildman–Crippen MR) is 117 cm³/mol. The highest BCUT2D eigenvalue weighted by Gasteiger charge is 2.30. The van der Waals surface area contributed by atoms with E-state index in [9.17, 15) is 9.59 Å². The summed E-state index contributed by atoms with van der Waals surface area (Å²) in [7, 11) is 0. The predicted octanol–water partition coefficient (Wildman–Crippen LogP) is 4.71. The van der Waals surface area contributed by atoms with Gasteiger partial charge in [0, 0.05) is 29.9 Å². The second-order valence-corrected chi connectivity index (χ2v) is 7.94. The summed E-state index contributed by atoms with van der Waals surface area (Å²) in [6.45, 7) is 6.26. The van der Waals surface area contributed by atoms with Gasteiger partial charge in [0.2, 0.25) is 11.8 Å². The number of carbonyl (C=O) groups excluding carboxylic acids is 2. The Morgan fingerprint density at radius 1 is 1.04 bits per heavy atom. The van der Waals surface area contributed by atoms with E-state index < -0.39 is 6.04 Å². The van der Waals surface area contributed by atoms with Crippen molar-refractivity contribution in [3.8, 4) is 0 Å². The molecule has 0 aliphatic rings. The molecule has 0 aromatic heterocycles. The molecule has 0 radical (unpaired) electrons. The van der Waals surface area contributed by atoms with Crippen molar-refractivity contribution >= 4 is 27.7 Å². The van der Waals surface area contributed by atoms with Gasteiger partial charge >= 0.3 is 0 Å². The maximum absolute atomic E-state index is 13.1. The van der Waals surface area contributed by atoms with E-state index in [1.54, 1.807) is 4.90 Å². The molecule has 0 saturated heterocycles. The van der Waals surface area contributed by atoms with Gasteiger partial charge in [-0.25, -0.2) is 0 Å². The van der Waals surface area contributed by atoms with E-state index >= 15 is 0 Å². The topological polar surface area (TPSA) is 49.4 Å². The summed E-state index contributed by atoms with van der Waals surface area (Å²) in [4.78, 5) is 27.7. The van der Waals surface area contributed by atoms with Crippen LogP contribution < -0.4 is 5.32 Å². The monoisotopic (exact) mass is 444 g/mol. The maximum atomic E-state index is 13.1. The van der Waals surface area contributed by atoms with Crippen LogP contribution in [0.25, 0.3) is 0 Å². The summed E-state index contributed by atoms with van der Waals surface area (Å²) >= 11 is 3.49. The Morgan fingerprint density at radius 2 is 1.71 bits per heavy atom. The number of nitrogens with one attached hydrogen (secondary N) is 1. The third kappa shape index (κ3) is 6.48. The largest absolute Gasteiger partial charge is 0.352 e. The van der Waals surface area contributed by atoms with Gasteiger partial charge < -0.3 is 10.2 Å². The van der Waals surface area contributed by atoms with Crippen molar-refractivity contribution in [3.05, 3.63) is 70.2 Å². The molecule has 5 heteroatoms. The fraction of sp³-hybridized carbons (Fsp3) is 0.391. The van der Waals surface area contributed by atoms with Gasteiger partial charge in [-0.15, -0.1) is 0 Å². The van der Waals surface area contributed by atoms with E-state index in [4.69, 9.17) is 0 Å². The first-order valence-corrected chi connectivity index (χ1v) is 10.6. The van der Waals surface area contributed by atoms with Gasteiger partial charge in [-0.1, -0.05) is 72.2 Å². The van der Waals surface area contributed by atoms with Crippen molar-refractivity contribution in [2.24, 2.45) is 0 Å². The maximum Gasteiger partial charge on any atom is 0.243 e. The number of hydrogen-bond acceptors (Lipinski definition) is 2. The van der Waals surface area contributed by atoms with E-state index in [1.165, 1.54) is 0 Å². The highest BCUT2D eigenvalue weighted by atomic mass is 79.9. The summed E-state index contributed by atoms with van der Waals surface area (Å²) in [6.07, 6.45) is 1.69. The molecule has 1 N–H and O–H groups in total. The average Bonchev–Trinajstić information content (AvgIpc) is 2.70. The van der Waals surface area contributed by atoms with E-state index in [1.807, 2.05) is 75.4 Å². The number of benzene rings is 2. The van der Waals surface area contributed by atoms with Crippen molar-refractivity contribution in [1.29, 1.82) is 0 Å². The van der Waals surface area contributed by atoms with Crippen LogP contribution in [0.15, 0.2) is 59.1 Å². The van der Waals surface area contributed by atoms with Crippen molar-refractivity contribution in [2.75, 3.05) is 0 Å². The molecule has 0 unspecified atom stereocenters. The van der Waals surface area contributed by atoms with Gasteiger partial charge in [0.15, 0.2) is 0 Å². The molecular weight excluding hydrogens is 416 g/mol. The number of halogens is 1. The normalized spacial score (nSPS) is 12.9. The Labute approximate surface area is 176 Å². The highest BCUT2D eigenvalue weighted by molar-refractivity contribution is 9.10. The van der Waals surface area contributed by atoms with Crippen molar-refractivity contribution in [3.63, 3.8) is 0 Å². The zero-order valence-electron chi connectivity index (χ0n) is 16.8. The molecule has 0 fully saturated rings. The molecule has 0 aliphatic heterocycles. The number of nitrogens with zero attached hydrogens (tertiary/aromatic N) is 1. The summed E-state index contributed by atoms with van der Waals surface area (Å²) < 4.78 is 0.956. The Morgan fingerprint density at radius 3 is 2.32 bits per heavy atom. The lowest BCUT2D eigenvalue weighted by molar-refractivity contribution is -0.141. The molecule has 2 aromatic rings. The van der Waals surface area contributed by atoms with Crippen LogP contribution in [0.2, 0.25) is 0 Å². The average molecular weight is 445 g/mol. The molecule has 4 nitrogen and oxygen atoms in total. The van der Waals surface area contributed by atoms with Crippen molar-refractivity contribution < 1.29 is 9.59 Å². The first-order valence-electron chi connectivity index (χ1n) is 9.82. The fourth-order valence-electron chi connectivity index (χ4n) is 3.03. The van der Waals surface area contributed by atoms with Gasteiger partial charge in [-0.2, -0.15) is 0 Å². The first kappa shape index (κ1) is 22.2. The zero-order chi connectivity index (χ0) is 20.5. The SMILES string of the molecule is CCC(=O)N(Cc1cccc(Br)c1)[C@@H](Cc1ccccc1)C(=O)N[C@H](C)CC. The minimum absolute atomic E-state index is 0.0276. The van der Waals surface area contributed by atoms with Crippen LogP contribution in [-0.4, -0.2) is 28.8 Å². The summed E-state index contributed by atoms with van der Waals surface area (Å²) in [6, 6.07) is 17.2. The second kappa shape index (κ2) is 11.0. The Balaban J connectivity index is 2.35. The molecule has 0 aliphatic carbocycles. The number of carbonyl (C=O) groups is 2. The summed E-state index contributed by atoms with van der Waals surface area (Å²) in [5, 5.41) is 3.06. The van der Waals surface area contributed by atoms with Crippen LogP contribution in [0.3, 0.4) is 0 Å². The van der Waals surface area contributed by atoms with Gasteiger partial charge in [0.05, 0.1) is 0 Å². The van der Waals surface area contributed by atoms with Gasteiger partial charge in [0.1, 0.15) is 6.04 Å². The van der Waals surface area contributed by atoms with E-state index in [0.29, 0.717) is 19.4 Å². The molecular formula is C23H29BrN2O2. The van der Waals surface area contributed by atoms with Crippen molar-refractivity contribution in [2.45, 2.75) is 58.7 Å². The molecule has 0 bridgehead atoms. The Hall–Kier alpha value is -2.14. The molecule has 2 amide bonds. The fourth-order valence-corrected chi connectivity index (χ4v) is 3.48. The van der Waals surface area contributed by atoms with Crippen molar-refractivity contribution in [1.82, 2.24) is 10.2 Å². The number of hydrogen-bond donors (Lipinski definition) is 1. The van der Waals surface area contributed by atoms with Crippen LogP contribution >= 0.6 is 15.9 Å². The molecule has 2 aromatic carbocycles. The lowest BCUT2D eigenvalue weighted by Gasteiger charge is -2.32. The lowest BCUT2D eigenvalue weighted by atomic mass is 10.0. The van der Waals surface area contributed by atoms with Gasteiger partial charge in [-0.05, 0) is 36.6 Å². The quantitative estimate of drug-likeness (QED) is 0.608. The Bertz CT molecular complexity index is 779. The third-order valence-corrected chi connectivity index (χ3v) is 5.31. The van der Waals surface area contributed by atoms with Crippen LogP contribution in [0.4, 0.5) is 0 Å². The van der Waals surface area contributed by atoms with E-state index in [0.717, 1.165) is 22.0 Å². The highest BCUT2D eigenvalue weighted by Crippen LogP contribution is 2.18.